The third-order valence-electron chi connectivity index (χ3n) is 4.09. The van der Waals surface area contributed by atoms with Crippen molar-refractivity contribution in [2.75, 3.05) is 6.54 Å². The second-order valence-electron chi connectivity index (χ2n) is 6.41. The highest BCUT2D eigenvalue weighted by Crippen LogP contribution is 2.24. The Balaban J connectivity index is 1.67. The van der Waals surface area contributed by atoms with Crippen LogP contribution >= 0.6 is 0 Å². The molecule has 0 fully saturated rings. The van der Waals surface area contributed by atoms with Crippen LogP contribution in [0, 0.1) is 12.8 Å². The summed E-state index contributed by atoms with van der Waals surface area (Å²) in [5.74, 6) is 1.89. The average Bonchev–Trinajstić information content (AvgIpc) is 2.77. The molecule has 0 unspecified atom stereocenters. The molecular weight excluding hydrogens is 258 g/mol. The average molecular weight is 287 g/mol. The lowest BCUT2D eigenvalue weighted by molar-refractivity contribution is 0.511. The second-order valence-corrected chi connectivity index (χ2v) is 6.41. The van der Waals surface area contributed by atoms with Crippen LogP contribution in [0.15, 0.2) is 28.7 Å². The van der Waals surface area contributed by atoms with Crippen molar-refractivity contribution in [2.45, 2.75) is 59.4 Å². The van der Waals surface area contributed by atoms with Crippen LogP contribution < -0.4 is 5.32 Å². The zero-order valence-electron chi connectivity index (χ0n) is 13.7. The first-order chi connectivity index (χ1) is 10.2. The maximum atomic E-state index is 5.79. The first-order valence-electron chi connectivity index (χ1n) is 8.36. The minimum atomic E-state index is 0.848. The van der Waals surface area contributed by atoms with Crippen LogP contribution in [-0.2, 0) is 6.54 Å². The fourth-order valence-corrected chi connectivity index (χ4v) is 2.81. The molecule has 1 aromatic heterocycles. The smallest absolute Gasteiger partial charge is 0.134 e. The molecule has 0 aliphatic rings. The molecule has 0 saturated carbocycles. The molecule has 0 bridgehead atoms. The van der Waals surface area contributed by atoms with Gasteiger partial charge in [0.05, 0.1) is 0 Å². The molecule has 2 heteroatoms. The monoisotopic (exact) mass is 287 g/mol. The highest BCUT2D eigenvalue weighted by atomic mass is 16.3. The van der Waals surface area contributed by atoms with Gasteiger partial charge in [0.15, 0.2) is 0 Å². The van der Waals surface area contributed by atoms with Crippen molar-refractivity contribution in [1.82, 2.24) is 5.32 Å². The number of hydrogen-bond acceptors (Lipinski definition) is 2. The fourth-order valence-electron chi connectivity index (χ4n) is 2.81. The van der Waals surface area contributed by atoms with Gasteiger partial charge < -0.3 is 9.73 Å². The Kier molecular flexibility index (Phi) is 6.31. The lowest BCUT2D eigenvalue weighted by Gasteiger charge is -2.06. The van der Waals surface area contributed by atoms with Crippen molar-refractivity contribution >= 4 is 11.0 Å². The number of aryl methyl sites for hydroxylation is 1. The normalized spacial score (nSPS) is 11.6. The van der Waals surface area contributed by atoms with E-state index in [1.165, 1.54) is 43.1 Å². The number of furan rings is 1. The number of hydrogen-bond donors (Lipinski definition) is 1. The van der Waals surface area contributed by atoms with E-state index in [0.717, 1.165) is 30.4 Å². The van der Waals surface area contributed by atoms with Crippen LogP contribution in [0.25, 0.3) is 11.0 Å². The predicted octanol–water partition coefficient (Wildman–Crippen LogP) is 5.44. The summed E-state index contributed by atoms with van der Waals surface area (Å²) in [5, 5.41) is 4.81. The quantitative estimate of drug-likeness (QED) is 0.621. The summed E-state index contributed by atoms with van der Waals surface area (Å²) in [6, 6.07) is 8.30. The minimum absolute atomic E-state index is 0.848. The van der Waals surface area contributed by atoms with Crippen LogP contribution in [-0.4, -0.2) is 6.54 Å². The van der Waals surface area contributed by atoms with Gasteiger partial charge in [0.25, 0.3) is 0 Å². The summed E-state index contributed by atoms with van der Waals surface area (Å²) >= 11 is 0. The molecule has 2 nitrogen and oxygen atoms in total. The predicted molar refractivity (Wildman–Crippen MR) is 90.6 cm³/mol. The summed E-state index contributed by atoms with van der Waals surface area (Å²) in [6.45, 7) is 8.68. The molecule has 1 heterocycles. The van der Waals surface area contributed by atoms with E-state index in [1.54, 1.807) is 0 Å². The standard InChI is InChI=1S/C19H29NO/c1-15(2)10-6-4-5-9-13-20-14-18-16(3)21-19-12-8-7-11-17(18)19/h7-8,11-12,15,20H,4-6,9-10,13-14H2,1-3H3. The molecule has 2 aromatic rings. The van der Waals surface area contributed by atoms with Crippen molar-refractivity contribution in [3.05, 3.63) is 35.6 Å². The largest absolute Gasteiger partial charge is 0.461 e. The summed E-state index contributed by atoms with van der Waals surface area (Å²) in [5.41, 5.74) is 2.31. The molecule has 0 aliphatic heterocycles. The summed E-state index contributed by atoms with van der Waals surface area (Å²) in [6.07, 6.45) is 6.72. The first-order valence-corrected chi connectivity index (χ1v) is 8.36. The maximum absolute atomic E-state index is 5.79. The van der Waals surface area contributed by atoms with Crippen LogP contribution in [0.3, 0.4) is 0 Å². The van der Waals surface area contributed by atoms with Crippen molar-refractivity contribution in [3.63, 3.8) is 0 Å². The lowest BCUT2D eigenvalue weighted by atomic mass is 10.0. The molecule has 0 atom stereocenters. The van der Waals surface area contributed by atoms with E-state index >= 15 is 0 Å². The Morgan fingerprint density at radius 3 is 2.62 bits per heavy atom. The van der Waals surface area contributed by atoms with E-state index < -0.39 is 0 Å². The highest BCUT2D eigenvalue weighted by Gasteiger charge is 2.09. The number of fused-ring (bicyclic) bond motifs is 1. The number of nitrogens with one attached hydrogen (secondary N) is 1. The molecule has 1 aromatic carbocycles. The van der Waals surface area contributed by atoms with E-state index in [9.17, 15) is 0 Å². The van der Waals surface area contributed by atoms with Gasteiger partial charge in [-0.25, -0.2) is 0 Å². The summed E-state index contributed by atoms with van der Waals surface area (Å²) in [7, 11) is 0. The molecule has 2 rings (SSSR count). The Morgan fingerprint density at radius 1 is 1.05 bits per heavy atom. The van der Waals surface area contributed by atoms with E-state index in [4.69, 9.17) is 4.42 Å². The molecule has 0 radical (unpaired) electrons. The second kappa shape index (κ2) is 8.23. The molecule has 0 saturated heterocycles. The van der Waals surface area contributed by atoms with Gasteiger partial charge in [-0.15, -0.1) is 0 Å². The minimum Gasteiger partial charge on any atom is -0.461 e. The third-order valence-corrected chi connectivity index (χ3v) is 4.09. The zero-order valence-corrected chi connectivity index (χ0v) is 13.7. The molecule has 21 heavy (non-hydrogen) atoms. The van der Waals surface area contributed by atoms with Gasteiger partial charge in [-0.2, -0.15) is 0 Å². The molecule has 1 N–H and O–H groups in total. The third kappa shape index (κ3) is 4.89. The molecule has 0 amide bonds. The van der Waals surface area contributed by atoms with Gasteiger partial charge in [0, 0.05) is 17.5 Å². The molecule has 0 spiro atoms. The number of rotatable bonds is 9. The molecular formula is C19H29NO. The van der Waals surface area contributed by atoms with Crippen LogP contribution in [0.1, 0.15) is 57.3 Å². The Hall–Kier alpha value is -1.28. The van der Waals surface area contributed by atoms with Gasteiger partial charge in [0.2, 0.25) is 0 Å². The Morgan fingerprint density at radius 2 is 1.81 bits per heavy atom. The van der Waals surface area contributed by atoms with Gasteiger partial charge >= 0.3 is 0 Å². The number of benzene rings is 1. The van der Waals surface area contributed by atoms with E-state index in [1.807, 2.05) is 12.1 Å². The van der Waals surface area contributed by atoms with Crippen LogP contribution in [0.5, 0.6) is 0 Å². The topological polar surface area (TPSA) is 25.2 Å². The van der Waals surface area contributed by atoms with E-state index in [0.29, 0.717) is 0 Å². The van der Waals surface area contributed by atoms with Crippen molar-refractivity contribution in [3.8, 4) is 0 Å². The van der Waals surface area contributed by atoms with Crippen LogP contribution in [0.2, 0.25) is 0 Å². The van der Waals surface area contributed by atoms with Gasteiger partial charge in [-0.1, -0.05) is 57.7 Å². The van der Waals surface area contributed by atoms with Gasteiger partial charge in [-0.05, 0) is 31.9 Å². The van der Waals surface area contributed by atoms with Crippen LogP contribution in [0.4, 0.5) is 0 Å². The molecule has 0 aliphatic carbocycles. The lowest BCUT2D eigenvalue weighted by Crippen LogP contribution is -2.15. The zero-order chi connectivity index (χ0) is 15.1. The van der Waals surface area contributed by atoms with Gasteiger partial charge in [0.1, 0.15) is 11.3 Å². The van der Waals surface area contributed by atoms with Crippen molar-refractivity contribution in [2.24, 2.45) is 5.92 Å². The Bertz CT molecular complexity index is 541. The van der Waals surface area contributed by atoms with Crippen molar-refractivity contribution < 1.29 is 4.42 Å². The molecule has 116 valence electrons. The summed E-state index contributed by atoms with van der Waals surface area (Å²) in [4.78, 5) is 0. The summed E-state index contributed by atoms with van der Waals surface area (Å²) < 4.78 is 5.79. The van der Waals surface area contributed by atoms with E-state index in [2.05, 4.69) is 38.2 Å². The van der Waals surface area contributed by atoms with E-state index in [-0.39, 0.29) is 0 Å². The maximum Gasteiger partial charge on any atom is 0.134 e. The van der Waals surface area contributed by atoms with Crippen molar-refractivity contribution in [1.29, 1.82) is 0 Å². The first kappa shape index (κ1) is 16.1. The number of unbranched alkanes of at least 4 members (excludes halogenated alkanes) is 3. The number of para-hydroxylation sites is 1. The SMILES string of the molecule is Cc1oc2ccccc2c1CNCCCCCCC(C)C. The highest BCUT2D eigenvalue weighted by molar-refractivity contribution is 5.82. The fraction of sp³-hybridized carbons (Fsp3) is 0.579. The Labute approximate surface area is 128 Å². The van der Waals surface area contributed by atoms with Gasteiger partial charge in [-0.3, -0.25) is 0 Å².